The molecule has 1 aromatic carbocycles. The summed E-state index contributed by atoms with van der Waals surface area (Å²) >= 11 is 0. The van der Waals surface area contributed by atoms with E-state index in [9.17, 15) is 14.9 Å². The van der Waals surface area contributed by atoms with Gasteiger partial charge in [0.1, 0.15) is 6.20 Å². The third-order valence-corrected chi connectivity index (χ3v) is 3.09. The summed E-state index contributed by atoms with van der Waals surface area (Å²) in [5, 5.41) is 11.1. The lowest BCUT2D eigenvalue weighted by Gasteiger charge is -2.05. The quantitative estimate of drug-likeness (QED) is 0.491. The zero-order chi connectivity index (χ0) is 15.6. The van der Waals surface area contributed by atoms with Crippen LogP contribution in [0.3, 0.4) is 0 Å². The number of nitrogens with zero attached hydrogens (tertiary/aromatic N) is 3. The summed E-state index contributed by atoms with van der Waals surface area (Å²) in [6.45, 7) is 4.96. The smallest absolute Gasteiger partial charge is 0.348 e. The normalized spacial score (nSPS) is 11.5. The molecule has 2 rings (SSSR count). The molecule has 0 aliphatic heterocycles. The van der Waals surface area contributed by atoms with Crippen LogP contribution in [0.25, 0.3) is 11.8 Å². The monoisotopic (exact) mass is 285 g/mol. The van der Waals surface area contributed by atoms with Crippen LogP contribution in [-0.4, -0.2) is 20.3 Å². The molecule has 0 aliphatic rings. The Bertz CT molecular complexity index is 727. The van der Waals surface area contributed by atoms with Gasteiger partial charge in [0.05, 0.1) is 0 Å². The number of Topliss-reactive ketones (excluding diaryl/α,β-unsaturated/α-hetero) is 1. The number of carbonyl (C=O) groups is 1. The standard InChI is InChI=1S/C15H15N3O3/c1-10-4-6-13(7-5-10)8-14(11(2)19)17-12(3)16-9-15(17)18(20)21/h4-9H,1-3H3/b14-8+. The Morgan fingerprint density at radius 3 is 2.43 bits per heavy atom. The molecule has 2 aromatic rings. The van der Waals surface area contributed by atoms with Crippen molar-refractivity contribution in [3.63, 3.8) is 0 Å². The lowest BCUT2D eigenvalue weighted by atomic mass is 10.1. The second kappa shape index (κ2) is 5.70. The molecule has 6 heteroatoms. The molecule has 0 atom stereocenters. The van der Waals surface area contributed by atoms with Crippen LogP contribution in [0.1, 0.15) is 23.9 Å². The molecule has 0 saturated carbocycles. The highest BCUT2D eigenvalue weighted by molar-refractivity contribution is 6.19. The molecule has 1 heterocycles. The first-order chi connectivity index (χ1) is 9.90. The SMILES string of the molecule is CC(=O)/C(=C\c1ccc(C)cc1)n1c([N+](=O)[O-])cnc1C. The van der Waals surface area contributed by atoms with Gasteiger partial charge in [0.2, 0.25) is 0 Å². The maximum absolute atomic E-state index is 11.9. The average Bonchev–Trinajstić information content (AvgIpc) is 2.79. The largest absolute Gasteiger partial charge is 0.358 e. The van der Waals surface area contributed by atoms with Crippen LogP contribution in [-0.2, 0) is 4.79 Å². The van der Waals surface area contributed by atoms with E-state index >= 15 is 0 Å². The molecule has 108 valence electrons. The molecule has 0 saturated heterocycles. The molecule has 0 N–H and O–H groups in total. The maximum atomic E-state index is 11.9. The third kappa shape index (κ3) is 3.05. The summed E-state index contributed by atoms with van der Waals surface area (Å²) < 4.78 is 1.27. The second-order valence-corrected chi connectivity index (χ2v) is 4.75. The maximum Gasteiger partial charge on any atom is 0.348 e. The predicted octanol–water partition coefficient (Wildman–Crippen LogP) is 3.00. The van der Waals surface area contributed by atoms with Gasteiger partial charge in [-0.3, -0.25) is 4.79 Å². The van der Waals surface area contributed by atoms with Gasteiger partial charge >= 0.3 is 5.82 Å². The molecule has 0 bridgehead atoms. The average molecular weight is 285 g/mol. The van der Waals surface area contributed by atoms with Crippen LogP contribution >= 0.6 is 0 Å². The Morgan fingerprint density at radius 1 is 1.29 bits per heavy atom. The highest BCUT2D eigenvalue weighted by atomic mass is 16.6. The Hall–Kier alpha value is -2.76. The number of aryl methyl sites for hydroxylation is 2. The molecule has 0 fully saturated rings. The summed E-state index contributed by atoms with van der Waals surface area (Å²) in [7, 11) is 0. The minimum atomic E-state index is -0.550. The molecule has 6 nitrogen and oxygen atoms in total. The van der Waals surface area contributed by atoms with E-state index in [2.05, 4.69) is 4.98 Å². The highest BCUT2D eigenvalue weighted by Crippen LogP contribution is 2.22. The topological polar surface area (TPSA) is 78.0 Å². The van der Waals surface area contributed by atoms with Crippen molar-refractivity contribution < 1.29 is 9.72 Å². The van der Waals surface area contributed by atoms with Crippen LogP contribution in [0.15, 0.2) is 30.5 Å². The zero-order valence-corrected chi connectivity index (χ0v) is 12.0. The van der Waals surface area contributed by atoms with Crippen molar-refractivity contribution in [1.29, 1.82) is 0 Å². The fourth-order valence-corrected chi connectivity index (χ4v) is 2.00. The van der Waals surface area contributed by atoms with Gasteiger partial charge in [0.25, 0.3) is 0 Å². The summed E-state index contributed by atoms with van der Waals surface area (Å²) in [5.41, 5.74) is 2.12. The Morgan fingerprint density at radius 2 is 1.90 bits per heavy atom. The molecule has 1 aromatic heterocycles. The van der Waals surface area contributed by atoms with Crippen LogP contribution in [0, 0.1) is 24.0 Å². The fourth-order valence-electron chi connectivity index (χ4n) is 2.00. The van der Waals surface area contributed by atoms with E-state index in [0.717, 1.165) is 17.3 Å². The lowest BCUT2D eigenvalue weighted by molar-refractivity contribution is -0.390. The van der Waals surface area contributed by atoms with Gasteiger partial charge in [0, 0.05) is 13.8 Å². The van der Waals surface area contributed by atoms with Crippen molar-refractivity contribution in [3.8, 4) is 0 Å². The van der Waals surface area contributed by atoms with Gasteiger partial charge in [-0.1, -0.05) is 29.8 Å². The van der Waals surface area contributed by atoms with Crippen LogP contribution in [0.2, 0.25) is 0 Å². The summed E-state index contributed by atoms with van der Waals surface area (Å²) in [6.07, 6.45) is 2.78. The number of aromatic nitrogens is 2. The minimum Gasteiger partial charge on any atom is -0.358 e. The number of imidazole rings is 1. The summed E-state index contributed by atoms with van der Waals surface area (Å²) in [6, 6.07) is 7.55. The van der Waals surface area contributed by atoms with Crippen molar-refractivity contribution in [1.82, 2.24) is 9.55 Å². The van der Waals surface area contributed by atoms with Gasteiger partial charge in [0.15, 0.2) is 17.3 Å². The Kier molecular flexibility index (Phi) is 3.98. The van der Waals surface area contributed by atoms with Crippen LogP contribution in [0.4, 0.5) is 5.82 Å². The second-order valence-electron chi connectivity index (χ2n) is 4.75. The number of carbonyl (C=O) groups excluding carboxylic acids is 1. The number of nitro groups is 1. The molecular weight excluding hydrogens is 270 g/mol. The van der Waals surface area contributed by atoms with Gasteiger partial charge < -0.3 is 10.1 Å². The molecule has 0 amide bonds. The summed E-state index contributed by atoms with van der Waals surface area (Å²) in [5.74, 6) is -0.0869. The first kappa shape index (κ1) is 14.6. The van der Waals surface area contributed by atoms with Gasteiger partial charge in [-0.05, 0) is 23.5 Å². The number of rotatable bonds is 4. The molecule has 0 radical (unpaired) electrons. The van der Waals surface area contributed by atoms with Crippen molar-refractivity contribution in [2.45, 2.75) is 20.8 Å². The van der Waals surface area contributed by atoms with E-state index in [4.69, 9.17) is 0 Å². The van der Waals surface area contributed by atoms with Crippen molar-refractivity contribution >= 4 is 23.4 Å². The third-order valence-electron chi connectivity index (χ3n) is 3.09. The fraction of sp³-hybridized carbons (Fsp3) is 0.200. The van der Waals surface area contributed by atoms with Gasteiger partial charge in [-0.25, -0.2) is 4.98 Å². The highest BCUT2D eigenvalue weighted by Gasteiger charge is 2.24. The first-order valence-corrected chi connectivity index (χ1v) is 6.38. The number of hydrogen-bond acceptors (Lipinski definition) is 4. The zero-order valence-electron chi connectivity index (χ0n) is 12.0. The van der Waals surface area contributed by atoms with Crippen molar-refractivity contribution in [2.75, 3.05) is 0 Å². The van der Waals surface area contributed by atoms with Gasteiger partial charge in [-0.2, -0.15) is 4.57 Å². The van der Waals surface area contributed by atoms with E-state index in [1.165, 1.54) is 11.5 Å². The number of hydrogen-bond donors (Lipinski definition) is 0. The van der Waals surface area contributed by atoms with E-state index in [0.29, 0.717) is 5.82 Å². The van der Waals surface area contributed by atoms with E-state index in [1.807, 2.05) is 31.2 Å². The lowest BCUT2D eigenvalue weighted by Crippen LogP contribution is -2.10. The number of allylic oxidation sites excluding steroid dienone is 1. The number of benzene rings is 1. The van der Waals surface area contributed by atoms with Crippen LogP contribution < -0.4 is 0 Å². The Labute approximate surface area is 121 Å². The summed E-state index contributed by atoms with van der Waals surface area (Å²) in [4.78, 5) is 26.3. The molecule has 0 spiro atoms. The van der Waals surface area contributed by atoms with E-state index in [-0.39, 0.29) is 17.3 Å². The van der Waals surface area contributed by atoms with Crippen molar-refractivity contribution in [3.05, 3.63) is 57.5 Å². The molecular formula is C15H15N3O3. The molecule has 21 heavy (non-hydrogen) atoms. The van der Waals surface area contributed by atoms with Gasteiger partial charge in [-0.15, -0.1) is 0 Å². The Balaban J connectivity index is 2.59. The van der Waals surface area contributed by atoms with E-state index in [1.54, 1.807) is 13.0 Å². The predicted molar refractivity (Wildman–Crippen MR) is 79.6 cm³/mol. The molecule has 0 aliphatic carbocycles. The molecule has 0 unspecified atom stereocenters. The number of ketones is 1. The van der Waals surface area contributed by atoms with Crippen molar-refractivity contribution in [2.24, 2.45) is 0 Å². The van der Waals surface area contributed by atoms with E-state index < -0.39 is 4.92 Å². The van der Waals surface area contributed by atoms with Crippen LogP contribution in [0.5, 0.6) is 0 Å². The first-order valence-electron chi connectivity index (χ1n) is 6.38. The minimum absolute atomic E-state index is 0.221.